The predicted molar refractivity (Wildman–Crippen MR) is 111 cm³/mol. The lowest BCUT2D eigenvalue weighted by Gasteiger charge is -2.19. The Morgan fingerprint density at radius 1 is 1.45 bits per heavy atom. The van der Waals surface area contributed by atoms with Crippen LogP contribution in [0.15, 0.2) is 18.2 Å². The van der Waals surface area contributed by atoms with Crippen molar-refractivity contribution >= 4 is 24.3 Å². The van der Waals surface area contributed by atoms with E-state index in [2.05, 4.69) is 10.0 Å². The number of rotatable bonds is 14. The minimum absolute atomic E-state index is 0.00246. The van der Waals surface area contributed by atoms with E-state index in [1.54, 1.807) is 24.1 Å². The van der Waals surface area contributed by atoms with Gasteiger partial charge >= 0.3 is 6.03 Å². The second-order valence-electron chi connectivity index (χ2n) is 6.97. The van der Waals surface area contributed by atoms with E-state index in [9.17, 15) is 14.0 Å². The normalized spacial score (nSPS) is 14.3. The maximum absolute atomic E-state index is 13.9. The molecular weight excluding hydrogens is 397 g/mol. The smallest absolute Gasteiger partial charge is 0.319 e. The number of carbonyl (C=O) groups excluding carboxylic acids is 2. The van der Waals surface area contributed by atoms with Crippen LogP contribution in [0, 0.1) is 11.7 Å². The predicted octanol–water partition coefficient (Wildman–Crippen LogP) is 3.12. The van der Waals surface area contributed by atoms with Gasteiger partial charge < -0.3 is 19.6 Å². The molecule has 9 heteroatoms. The van der Waals surface area contributed by atoms with Gasteiger partial charge in [-0.2, -0.15) is 0 Å². The maximum Gasteiger partial charge on any atom is 0.319 e. The Labute approximate surface area is 175 Å². The summed E-state index contributed by atoms with van der Waals surface area (Å²) in [5.74, 6) is 1.38. The molecule has 1 aliphatic rings. The minimum atomic E-state index is -0.346. The van der Waals surface area contributed by atoms with Crippen molar-refractivity contribution in [3.05, 3.63) is 29.6 Å². The molecule has 0 aromatic heterocycles. The molecular formula is C20H30FN3O4S. The van der Waals surface area contributed by atoms with E-state index in [4.69, 9.17) is 9.47 Å². The lowest BCUT2D eigenvalue weighted by molar-refractivity contribution is -0.109. The molecule has 2 N–H and O–H groups in total. The Hall–Kier alpha value is -1.84. The van der Waals surface area contributed by atoms with Gasteiger partial charge in [0.15, 0.2) is 11.6 Å². The summed E-state index contributed by atoms with van der Waals surface area (Å²) in [6, 6.07) is 4.68. The van der Waals surface area contributed by atoms with E-state index in [1.807, 2.05) is 6.92 Å². The zero-order valence-electron chi connectivity index (χ0n) is 17.0. The number of halogens is 1. The van der Waals surface area contributed by atoms with Crippen LogP contribution in [-0.2, 0) is 9.53 Å². The van der Waals surface area contributed by atoms with Gasteiger partial charge in [0.2, 0.25) is 0 Å². The number of hydrogen-bond acceptors (Lipinski definition) is 6. The van der Waals surface area contributed by atoms with Crippen LogP contribution in [0.2, 0.25) is 0 Å². The first-order valence-electron chi connectivity index (χ1n) is 9.82. The van der Waals surface area contributed by atoms with Crippen LogP contribution < -0.4 is 14.8 Å². The van der Waals surface area contributed by atoms with Crippen LogP contribution in [0.3, 0.4) is 0 Å². The molecule has 2 amide bonds. The lowest BCUT2D eigenvalue weighted by Crippen LogP contribution is -2.40. The molecule has 1 aliphatic carbocycles. The van der Waals surface area contributed by atoms with E-state index in [-0.39, 0.29) is 31.2 Å². The first-order chi connectivity index (χ1) is 14.0. The number of nitrogens with one attached hydrogen (secondary N) is 2. The lowest BCUT2D eigenvalue weighted by atomic mass is 10.1. The Morgan fingerprint density at radius 2 is 2.24 bits per heavy atom. The van der Waals surface area contributed by atoms with Crippen LogP contribution in [0.5, 0.6) is 5.75 Å². The number of carbonyl (C=O) groups is 2. The molecule has 0 radical (unpaired) electrons. The topological polar surface area (TPSA) is 79.9 Å². The molecule has 0 saturated heterocycles. The van der Waals surface area contributed by atoms with Crippen LogP contribution in [-0.4, -0.2) is 56.5 Å². The molecule has 1 atom stereocenters. The zero-order chi connectivity index (χ0) is 21.1. The highest BCUT2D eigenvalue weighted by Gasteiger charge is 2.22. The Bertz CT molecular complexity index is 661. The number of amides is 2. The molecule has 1 aromatic rings. The van der Waals surface area contributed by atoms with Crippen molar-refractivity contribution in [1.29, 1.82) is 0 Å². The van der Waals surface area contributed by atoms with Crippen LogP contribution in [0.4, 0.5) is 9.18 Å². The maximum atomic E-state index is 13.9. The van der Waals surface area contributed by atoms with Gasteiger partial charge in [0.25, 0.3) is 0 Å². The molecule has 0 aliphatic heterocycles. The summed E-state index contributed by atoms with van der Waals surface area (Å²) in [7, 11) is 1.51. The van der Waals surface area contributed by atoms with Crippen molar-refractivity contribution in [3.8, 4) is 5.75 Å². The molecule has 1 fully saturated rings. The van der Waals surface area contributed by atoms with Crippen molar-refractivity contribution in [1.82, 2.24) is 14.9 Å². The largest absolute Gasteiger partial charge is 0.490 e. The van der Waals surface area contributed by atoms with Gasteiger partial charge in [-0.15, -0.1) is 0 Å². The highest BCUT2D eigenvalue weighted by Crippen LogP contribution is 2.31. The summed E-state index contributed by atoms with van der Waals surface area (Å²) in [4.78, 5) is 23.4. The van der Waals surface area contributed by atoms with Gasteiger partial charge in [0.1, 0.15) is 13.0 Å². The summed E-state index contributed by atoms with van der Waals surface area (Å²) in [6.45, 7) is 3.15. The molecule has 1 saturated carbocycles. The number of urea groups is 1. The van der Waals surface area contributed by atoms with Crippen molar-refractivity contribution < 1.29 is 23.5 Å². The van der Waals surface area contributed by atoms with Gasteiger partial charge in [0, 0.05) is 25.4 Å². The van der Waals surface area contributed by atoms with Gasteiger partial charge in [-0.25, -0.2) is 9.18 Å². The van der Waals surface area contributed by atoms with Gasteiger partial charge in [-0.05, 0) is 49.8 Å². The fourth-order valence-corrected chi connectivity index (χ4v) is 3.26. The number of benzene rings is 1. The summed E-state index contributed by atoms with van der Waals surface area (Å²) < 4.78 is 28.3. The van der Waals surface area contributed by atoms with E-state index in [0.29, 0.717) is 31.2 Å². The highest BCUT2D eigenvalue weighted by atomic mass is 32.2. The third kappa shape index (κ3) is 8.59. The standard InChI is InChI=1S/C20H30FN3O4S/c1-15(17-6-7-18(21)19(12-17)28-13-16-4-5-16)23-29-11-3-10-27-14-24(8-9-25)20(26)22-2/h6-7,9,12,15-16,23H,3-5,8,10-11,13-14H2,1-2H3,(H,22,26). The van der Waals surface area contributed by atoms with Crippen molar-refractivity contribution in [2.24, 2.45) is 5.92 Å². The molecule has 29 heavy (non-hydrogen) atoms. The fraction of sp³-hybridized carbons (Fsp3) is 0.600. The minimum Gasteiger partial charge on any atom is -0.490 e. The van der Waals surface area contributed by atoms with E-state index < -0.39 is 0 Å². The average Bonchev–Trinajstić information content (AvgIpc) is 3.55. The van der Waals surface area contributed by atoms with Gasteiger partial charge in [-0.3, -0.25) is 9.62 Å². The van der Waals surface area contributed by atoms with Crippen molar-refractivity contribution in [3.63, 3.8) is 0 Å². The molecule has 0 heterocycles. The molecule has 1 unspecified atom stereocenters. The Kier molecular flexibility index (Phi) is 10.2. The molecule has 1 aromatic carbocycles. The van der Waals surface area contributed by atoms with Crippen molar-refractivity contribution in [2.75, 3.05) is 39.3 Å². The quantitative estimate of drug-likeness (QED) is 0.206. The second kappa shape index (κ2) is 12.7. The summed E-state index contributed by atoms with van der Waals surface area (Å²) in [6.07, 6.45) is 3.78. The van der Waals surface area contributed by atoms with Crippen molar-refractivity contribution in [2.45, 2.75) is 32.2 Å². The van der Waals surface area contributed by atoms with E-state index >= 15 is 0 Å². The molecule has 162 valence electrons. The molecule has 0 bridgehead atoms. The van der Waals surface area contributed by atoms with Crippen LogP contribution in [0.1, 0.15) is 37.8 Å². The first-order valence-corrected chi connectivity index (χ1v) is 10.8. The monoisotopic (exact) mass is 427 g/mol. The number of aldehydes is 1. The second-order valence-corrected chi connectivity index (χ2v) is 7.90. The summed E-state index contributed by atoms with van der Waals surface area (Å²) in [5.41, 5.74) is 0.969. The molecule has 0 spiro atoms. The first kappa shape index (κ1) is 23.4. The number of hydrogen-bond donors (Lipinski definition) is 2. The third-order valence-corrected chi connectivity index (χ3v) is 5.48. The Morgan fingerprint density at radius 3 is 2.93 bits per heavy atom. The van der Waals surface area contributed by atoms with E-state index in [1.165, 1.54) is 30.9 Å². The zero-order valence-corrected chi connectivity index (χ0v) is 17.8. The average molecular weight is 428 g/mol. The molecule has 7 nitrogen and oxygen atoms in total. The fourth-order valence-electron chi connectivity index (χ4n) is 2.49. The van der Waals surface area contributed by atoms with E-state index in [0.717, 1.165) is 17.7 Å². The number of ether oxygens (including phenoxy) is 2. The SMILES string of the molecule is CNC(=O)N(CC=O)COCCCSNC(C)c1ccc(F)c(OCC2CC2)c1. The molecule has 2 rings (SSSR count). The number of nitrogens with zero attached hydrogens (tertiary/aromatic N) is 1. The van der Waals surface area contributed by atoms with Gasteiger partial charge in [-0.1, -0.05) is 18.0 Å². The highest BCUT2D eigenvalue weighted by molar-refractivity contribution is 7.97. The Balaban J connectivity index is 1.62. The van der Waals surface area contributed by atoms with Gasteiger partial charge in [0.05, 0.1) is 13.2 Å². The van der Waals surface area contributed by atoms with Crippen LogP contribution >= 0.6 is 11.9 Å². The van der Waals surface area contributed by atoms with Crippen LogP contribution in [0.25, 0.3) is 0 Å². The summed E-state index contributed by atoms with van der Waals surface area (Å²) in [5, 5.41) is 2.46. The summed E-state index contributed by atoms with van der Waals surface area (Å²) >= 11 is 1.56. The third-order valence-electron chi connectivity index (χ3n) is 4.47.